The van der Waals surface area contributed by atoms with E-state index in [-0.39, 0.29) is 43.4 Å². The van der Waals surface area contributed by atoms with Crippen LogP contribution in [-0.4, -0.2) is 96.5 Å². The van der Waals surface area contributed by atoms with Gasteiger partial charge in [-0.05, 0) is 11.6 Å². The lowest BCUT2D eigenvalue weighted by Gasteiger charge is -2.47. The summed E-state index contributed by atoms with van der Waals surface area (Å²) in [5, 5.41) is 9.49. The number of amides is 1. The number of rotatable bonds is 6. The highest BCUT2D eigenvalue weighted by Gasteiger charge is 2.51. The quantitative estimate of drug-likeness (QED) is 0.541. The molecule has 12 heteroatoms. The van der Waals surface area contributed by atoms with Gasteiger partial charge in [-0.25, -0.2) is 8.78 Å². The average Bonchev–Trinajstić information content (AvgIpc) is 3.48. The summed E-state index contributed by atoms with van der Waals surface area (Å²) in [5.41, 5.74) is 0.973. The fourth-order valence-corrected chi connectivity index (χ4v) is 5.51. The van der Waals surface area contributed by atoms with Gasteiger partial charge < -0.3 is 24.0 Å². The zero-order chi connectivity index (χ0) is 24.5. The largest absolute Gasteiger partial charge is 0.383 e. The van der Waals surface area contributed by atoms with Gasteiger partial charge in [-0.15, -0.1) is 10.2 Å². The molecule has 2 aromatic rings. The molecule has 0 saturated carbocycles. The van der Waals surface area contributed by atoms with Crippen LogP contribution in [0.1, 0.15) is 15.6 Å². The molecule has 0 spiro atoms. The maximum atomic E-state index is 14.1. The van der Waals surface area contributed by atoms with Crippen molar-refractivity contribution in [1.29, 1.82) is 0 Å². The van der Waals surface area contributed by atoms with Crippen LogP contribution in [0.25, 0.3) is 5.57 Å². The van der Waals surface area contributed by atoms with E-state index >= 15 is 0 Å². The molecule has 5 rings (SSSR count). The maximum absolute atomic E-state index is 14.1. The number of hydrogen-bond acceptors (Lipinski definition) is 9. The first-order valence-electron chi connectivity index (χ1n) is 11.2. The van der Waals surface area contributed by atoms with Gasteiger partial charge in [-0.1, -0.05) is 17.4 Å². The molecule has 1 amide bonds. The van der Waals surface area contributed by atoms with Crippen molar-refractivity contribution in [2.75, 3.05) is 46.7 Å². The third-order valence-corrected chi connectivity index (χ3v) is 7.37. The number of piperazine rings is 1. The van der Waals surface area contributed by atoms with Gasteiger partial charge in [0.25, 0.3) is 5.91 Å². The molecule has 4 heterocycles. The molecule has 0 N–H and O–H groups in total. The highest BCUT2D eigenvalue weighted by Crippen LogP contribution is 2.32. The molecular weight excluding hydrogens is 482 g/mol. The zero-order valence-corrected chi connectivity index (χ0v) is 19.8. The summed E-state index contributed by atoms with van der Waals surface area (Å²) in [6, 6.07) is 1.99. The van der Waals surface area contributed by atoms with E-state index in [2.05, 4.69) is 10.2 Å². The van der Waals surface area contributed by atoms with Crippen molar-refractivity contribution in [1.82, 2.24) is 20.0 Å². The van der Waals surface area contributed by atoms with Gasteiger partial charge in [0, 0.05) is 37.9 Å². The van der Waals surface area contributed by atoms with Gasteiger partial charge in [0.1, 0.15) is 28.3 Å². The molecule has 186 valence electrons. The van der Waals surface area contributed by atoms with Crippen molar-refractivity contribution >= 4 is 28.6 Å². The zero-order valence-electron chi connectivity index (χ0n) is 19.0. The van der Waals surface area contributed by atoms with Crippen LogP contribution >= 0.6 is 11.3 Å². The fraction of sp³-hybridized carbons (Fsp3) is 0.478. The van der Waals surface area contributed by atoms with E-state index in [1.54, 1.807) is 23.1 Å². The number of Topliss-reactive ketones (excluding diaryl/α,β-unsaturated/α-hetero) is 1. The Balaban J connectivity index is 1.44. The lowest BCUT2D eigenvalue weighted by Crippen LogP contribution is -2.68. The molecule has 1 aromatic heterocycles. The number of ether oxygens (including phenoxy) is 3. The minimum absolute atomic E-state index is 0.105. The predicted octanol–water partition coefficient (Wildman–Crippen LogP) is 1.27. The smallest absolute Gasteiger partial charge is 0.253 e. The van der Waals surface area contributed by atoms with Gasteiger partial charge in [-0.2, -0.15) is 0 Å². The van der Waals surface area contributed by atoms with Gasteiger partial charge in [-0.3, -0.25) is 9.59 Å². The van der Waals surface area contributed by atoms with Crippen molar-refractivity contribution < 1.29 is 32.6 Å². The van der Waals surface area contributed by atoms with Crippen molar-refractivity contribution in [3.63, 3.8) is 0 Å². The average molecular weight is 507 g/mol. The summed E-state index contributed by atoms with van der Waals surface area (Å²) in [6.07, 6.45) is 1.91. The van der Waals surface area contributed by atoms with E-state index < -0.39 is 17.7 Å². The lowest BCUT2D eigenvalue weighted by molar-refractivity contribution is -0.153. The van der Waals surface area contributed by atoms with Crippen LogP contribution in [0.4, 0.5) is 8.78 Å². The Hall–Kier alpha value is -2.80. The molecule has 2 saturated heterocycles. The fourth-order valence-electron chi connectivity index (χ4n) is 4.65. The van der Waals surface area contributed by atoms with Crippen LogP contribution in [0.2, 0.25) is 0 Å². The van der Waals surface area contributed by atoms with Gasteiger partial charge >= 0.3 is 0 Å². The monoisotopic (exact) mass is 506 g/mol. The maximum Gasteiger partial charge on any atom is 0.253 e. The second kappa shape index (κ2) is 10.1. The summed E-state index contributed by atoms with van der Waals surface area (Å²) in [6.45, 7) is 1.37. The van der Waals surface area contributed by atoms with Crippen LogP contribution in [0, 0.1) is 11.6 Å². The molecule has 0 aliphatic carbocycles. The predicted molar refractivity (Wildman–Crippen MR) is 120 cm³/mol. The summed E-state index contributed by atoms with van der Waals surface area (Å²) >= 11 is 1.26. The Morgan fingerprint density at radius 3 is 2.77 bits per heavy atom. The Labute approximate surface area is 204 Å². The van der Waals surface area contributed by atoms with Gasteiger partial charge in [0.05, 0.1) is 38.5 Å². The number of fused-ring (bicyclic) bond motifs is 3. The van der Waals surface area contributed by atoms with Crippen LogP contribution in [-0.2, 0) is 30.2 Å². The summed E-state index contributed by atoms with van der Waals surface area (Å²) < 4.78 is 43.8. The van der Waals surface area contributed by atoms with E-state index in [1.807, 2.05) is 0 Å². The minimum atomic E-state index is -1.02. The van der Waals surface area contributed by atoms with E-state index in [4.69, 9.17) is 14.2 Å². The molecule has 2 fully saturated rings. The molecule has 0 radical (unpaired) electrons. The topological polar surface area (TPSA) is 94.1 Å². The first kappa shape index (κ1) is 23.9. The highest BCUT2D eigenvalue weighted by atomic mass is 32.1. The Bertz CT molecular complexity index is 1160. The van der Waals surface area contributed by atoms with E-state index in [0.29, 0.717) is 47.5 Å². The van der Waals surface area contributed by atoms with Crippen molar-refractivity contribution in [2.24, 2.45) is 0 Å². The number of ketones is 1. The van der Waals surface area contributed by atoms with Gasteiger partial charge in [0.15, 0.2) is 11.8 Å². The van der Waals surface area contributed by atoms with Crippen LogP contribution in [0.3, 0.4) is 0 Å². The SMILES string of the molecule is COCCN1C(=O)C2C(=O)COCC(c3nnc(Cc4ccc(F)cc4F)s3)=CN2C2COCC21. The number of carbonyl (C=O) groups is 2. The standard InChI is InChI=1S/C23H24F2N4O5S/c1-32-5-4-28-17-10-34-11-18(17)29-8-14(9-33-12-19(30)21(29)23(28)31)22-27-26-20(35-22)6-13-2-3-15(24)7-16(13)25/h2-3,7-8,17-18,21H,4-6,9-12H2,1H3. The van der Waals surface area contributed by atoms with Crippen molar-refractivity contribution in [3.05, 3.63) is 51.6 Å². The number of methoxy groups -OCH3 is 1. The molecular formula is C23H24F2N4O5S. The van der Waals surface area contributed by atoms with Crippen molar-refractivity contribution in [3.8, 4) is 0 Å². The summed E-state index contributed by atoms with van der Waals surface area (Å²) in [7, 11) is 1.56. The molecule has 3 unspecified atom stereocenters. The first-order valence-corrected chi connectivity index (χ1v) is 12.0. The number of halogens is 2. The third kappa shape index (κ3) is 4.70. The number of benzene rings is 1. The minimum Gasteiger partial charge on any atom is -0.383 e. The summed E-state index contributed by atoms with van der Waals surface area (Å²) in [5.74, 6) is -1.91. The Kier molecular flexibility index (Phi) is 6.87. The number of aromatic nitrogens is 2. The van der Waals surface area contributed by atoms with E-state index in [0.717, 1.165) is 6.07 Å². The molecule has 9 nitrogen and oxygen atoms in total. The summed E-state index contributed by atoms with van der Waals surface area (Å²) in [4.78, 5) is 29.8. The second-order valence-corrected chi connectivity index (χ2v) is 9.64. The van der Waals surface area contributed by atoms with Crippen LogP contribution in [0.5, 0.6) is 0 Å². The van der Waals surface area contributed by atoms with E-state index in [1.165, 1.54) is 23.5 Å². The molecule has 3 aliphatic rings. The third-order valence-electron chi connectivity index (χ3n) is 6.37. The molecule has 3 aliphatic heterocycles. The highest BCUT2D eigenvalue weighted by molar-refractivity contribution is 7.12. The first-order chi connectivity index (χ1) is 17.0. The molecule has 0 bridgehead atoms. The Morgan fingerprint density at radius 1 is 1.14 bits per heavy atom. The van der Waals surface area contributed by atoms with E-state index in [9.17, 15) is 18.4 Å². The molecule has 1 aromatic carbocycles. The number of carbonyl (C=O) groups excluding carboxylic acids is 2. The Morgan fingerprint density at radius 2 is 1.97 bits per heavy atom. The molecule has 35 heavy (non-hydrogen) atoms. The lowest BCUT2D eigenvalue weighted by atomic mass is 9.96. The normalized spacial score (nSPS) is 24.7. The van der Waals surface area contributed by atoms with Gasteiger partial charge in [0.2, 0.25) is 0 Å². The molecule has 3 atom stereocenters. The number of nitrogens with zero attached hydrogens (tertiary/aromatic N) is 4. The van der Waals surface area contributed by atoms with Crippen LogP contribution < -0.4 is 0 Å². The number of hydrogen-bond donors (Lipinski definition) is 0. The van der Waals surface area contributed by atoms with Crippen LogP contribution in [0.15, 0.2) is 24.4 Å². The second-order valence-electron chi connectivity index (χ2n) is 8.57. The van der Waals surface area contributed by atoms with Crippen molar-refractivity contribution in [2.45, 2.75) is 24.5 Å².